The zero-order valence-corrected chi connectivity index (χ0v) is 6.78. The Hall–Kier alpha value is -0.410. The third kappa shape index (κ3) is 2.60. The predicted octanol–water partition coefficient (Wildman–Crippen LogP) is 0.599. The van der Waals surface area contributed by atoms with Gasteiger partial charge >= 0.3 is 7.60 Å². The second kappa shape index (κ2) is 3.32. The molecule has 0 bridgehead atoms. The van der Waals surface area contributed by atoms with Gasteiger partial charge < -0.3 is 10.6 Å². The van der Waals surface area contributed by atoms with Crippen molar-refractivity contribution < 1.29 is 14.0 Å². The summed E-state index contributed by atoms with van der Waals surface area (Å²) in [5, 5.41) is 0. The normalized spacial score (nSPS) is 22.4. The minimum atomic E-state index is -3.55. The van der Waals surface area contributed by atoms with E-state index in [4.69, 9.17) is 15.2 Å². The van der Waals surface area contributed by atoms with Crippen molar-refractivity contribution >= 4 is 7.60 Å². The van der Waals surface area contributed by atoms with Crippen molar-refractivity contribution in [1.82, 2.24) is 0 Å². The SMILES string of the molecule is NCP(=O)(O)OC1C=CC=C1. The van der Waals surface area contributed by atoms with Crippen LogP contribution < -0.4 is 5.73 Å². The lowest BCUT2D eigenvalue weighted by Gasteiger charge is -2.12. The monoisotopic (exact) mass is 175 g/mol. The molecule has 0 amide bonds. The van der Waals surface area contributed by atoms with Crippen molar-refractivity contribution in [2.24, 2.45) is 5.73 Å². The van der Waals surface area contributed by atoms with Crippen LogP contribution in [0, 0.1) is 0 Å². The highest BCUT2D eigenvalue weighted by atomic mass is 31.2. The lowest BCUT2D eigenvalue weighted by atomic mass is 10.4. The fourth-order valence-corrected chi connectivity index (χ4v) is 1.32. The van der Waals surface area contributed by atoms with Crippen LogP contribution in [0.1, 0.15) is 0 Å². The fraction of sp³-hybridized carbons (Fsp3) is 0.333. The standard InChI is InChI=1S/C6H10NO3P/c7-5-11(8,9)10-6-3-1-2-4-6/h1-4,6H,5,7H2,(H,8,9). The van der Waals surface area contributed by atoms with E-state index in [-0.39, 0.29) is 6.29 Å². The Kier molecular flexibility index (Phi) is 2.62. The number of rotatable bonds is 3. The van der Waals surface area contributed by atoms with Gasteiger partial charge in [0, 0.05) is 0 Å². The van der Waals surface area contributed by atoms with Crippen LogP contribution in [0.25, 0.3) is 0 Å². The quantitative estimate of drug-likeness (QED) is 0.616. The minimum absolute atomic E-state index is 0.342. The van der Waals surface area contributed by atoms with Gasteiger partial charge in [-0.2, -0.15) is 0 Å². The Morgan fingerprint density at radius 2 is 2.09 bits per heavy atom. The van der Waals surface area contributed by atoms with Gasteiger partial charge in [-0.15, -0.1) is 0 Å². The molecule has 11 heavy (non-hydrogen) atoms. The van der Waals surface area contributed by atoms with Gasteiger partial charge in [-0.3, -0.25) is 9.09 Å². The summed E-state index contributed by atoms with van der Waals surface area (Å²) < 4.78 is 15.6. The number of hydrogen-bond donors (Lipinski definition) is 2. The van der Waals surface area contributed by atoms with E-state index >= 15 is 0 Å². The van der Waals surface area contributed by atoms with Crippen molar-refractivity contribution in [3.63, 3.8) is 0 Å². The molecule has 0 saturated heterocycles. The van der Waals surface area contributed by atoms with E-state index in [1.807, 2.05) is 0 Å². The number of nitrogens with two attached hydrogens (primary N) is 1. The maximum absolute atomic E-state index is 10.9. The van der Waals surface area contributed by atoms with E-state index in [9.17, 15) is 4.57 Å². The molecule has 1 rings (SSSR count). The first-order valence-corrected chi connectivity index (χ1v) is 4.95. The van der Waals surface area contributed by atoms with Gasteiger partial charge in [-0.25, -0.2) is 0 Å². The average Bonchev–Trinajstić information content (AvgIpc) is 2.39. The highest BCUT2D eigenvalue weighted by Crippen LogP contribution is 2.41. The van der Waals surface area contributed by atoms with Crippen LogP contribution in [-0.2, 0) is 9.09 Å². The summed E-state index contributed by atoms with van der Waals surface area (Å²) in [6.07, 6.45) is 6.12. The molecule has 4 nitrogen and oxygen atoms in total. The van der Waals surface area contributed by atoms with Gasteiger partial charge in [0.15, 0.2) is 0 Å². The highest BCUT2D eigenvalue weighted by Gasteiger charge is 2.20. The molecule has 0 aliphatic heterocycles. The number of hydrogen-bond acceptors (Lipinski definition) is 3. The zero-order chi connectivity index (χ0) is 8.32. The van der Waals surface area contributed by atoms with Gasteiger partial charge in [0.25, 0.3) is 0 Å². The third-order valence-corrected chi connectivity index (χ3v) is 2.26. The van der Waals surface area contributed by atoms with E-state index in [1.54, 1.807) is 24.3 Å². The molecule has 0 aromatic rings. The van der Waals surface area contributed by atoms with E-state index in [1.165, 1.54) is 0 Å². The Labute approximate surface area is 64.9 Å². The van der Waals surface area contributed by atoms with Crippen molar-refractivity contribution in [3.8, 4) is 0 Å². The molecule has 1 aliphatic rings. The van der Waals surface area contributed by atoms with E-state index in [0.29, 0.717) is 0 Å². The lowest BCUT2D eigenvalue weighted by Crippen LogP contribution is -2.08. The van der Waals surface area contributed by atoms with E-state index in [2.05, 4.69) is 0 Å². The summed E-state index contributed by atoms with van der Waals surface area (Å²) >= 11 is 0. The summed E-state index contributed by atoms with van der Waals surface area (Å²) in [5.41, 5.74) is 5.00. The molecule has 1 atom stereocenters. The van der Waals surface area contributed by atoms with Crippen LogP contribution in [0.4, 0.5) is 0 Å². The Balaban J connectivity index is 2.48. The molecule has 0 heterocycles. The van der Waals surface area contributed by atoms with Gasteiger partial charge in [0.1, 0.15) is 6.10 Å². The average molecular weight is 175 g/mol. The second-order valence-corrected chi connectivity index (χ2v) is 4.01. The van der Waals surface area contributed by atoms with Crippen LogP contribution >= 0.6 is 7.60 Å². The van der Waals surface area contributed by atoms with E-state index < -0.39 is 13.7 Å². The maximum atomic E-state index is 10.9. The largest absolute Gasteiger partial charge is 0.342 e. The first-order chi connectivity index (χ1) is 5.14. The number of allylic oxidation sites excluding steroid dienone is 2. The Morgan fingerprint density at radius 3 is 2.55 bits per heavy atom. The Bertz CT molecular complexity index is 224. The molecule has 0 spiro atoms. The molecule has 1 aliphatic carbocycles. The highest BCUT2D eigenvalue weighted by molar-refractivity contribution is 7.52. The molecule has 3 N–H and O–H groups in total. The summed E-state index contributed by atoms with van der Waals surface area (Å²) in [6.45, 7) is 0. The van der Waals surface area contributed by atoms with Crippen LogP contribution in [0.15, 0.2) is 24.3 Å². The van der Waals surface area contributed by atoms with Gasteiger partial charge in [-0.05, 0) is 0 Å². The van der Waals surface area contributed by atoms with Crippen LogP contribution in [0.2, 0.25) is 0 Å². The van der Waals surface area contributed by atoms with Gasteiger partial charge in [0.2, 0.25) is 0 Å². The third-order valence-electron chi connectivity index (χ3n) is 1.23. The van der Waals surface area contributed by atoms with Crippen molar-refractivity contribution in [3.05, 3.63) is 24.3 Å². The zero-order valence-electron chi connectivity index (χ0n) is 5.88. The van der Waals surface area contributed by atoms with Crippen molar-refractivity contribution in [1.29, 1.82) is 0 Å². The summed E-state index contributed by atoms with van der Waals surface area (Å²) in [5.74, 6) is 0. The molecular formula is C6H10NO3P. The second-order valence-electron chi connectivity index (χ2n) is 2.16. The van der Waals surface area contributed by atoms with Crippen molar-refractivity contribution in [2.45, 2.75) is 6.10 Å². The molecule has 1 unspecified atom stereocenters. The van der Waals surface area contributed by atoms with Gasteiger partial charge in [-0.1, -0.05) is 24.3 Å². The van der Waals surface area contributed by atoms with E-state index in [0.717, 1.165) is 0 Å². The maximum Gasteiger partial charge on any atom is 0.342 e. The topological polar surface area (TPSA) is 72.6 Å². The first-order valence-electron chi connectivity index (χ1n) is 3.19. The molecule has 0 aromatic carbocycles. The Morgan fingerprint density at radius 1 is 1.55 bits per heavy atom. The molecule has 0 saturated carbocycles. The molecule has 0 aromatic heterocycles. The first kappa shape index (κ1) is 8.68. The summed E-state index contributed by atoms with van der Waals surface area (Å²) in [4.78, 5) is 8.92. The van der Waals surface area contributed by atoms with Crippen molar-refractivity contribution in [2.75, 3.05) is 6.29 Å². The summed E-state index contributed by atoms with van der Waals surface area (Å²) in [6, 6.07) is 0. The van der Waals surface area contributed by atoms with Crippen LogP contribution in [-0.4, -0.2) is 17.3 Å². The van der Waals surface area contributed by atoms with Crippen LogP contribution in [0.3, 0.4) is 0 Å². The predicted molar refractivity (Wildman–Crippen MR) is 42.0 cm³/mol. The molecule has 62 valence electrons. The molecule has 0 fully saturated rings. The minimum Gasteiger partial charge on any atom is -0.323 e. The molecular weight excluding hydrogens is 165 g/mol. The summed E-state index contributed by atoms with van der Waals surface area (Å²) in [7, 11) is -3.55. The molecule has 5 heteroatoms. The smallest absolute Gasteiger partial charge is 0.323 e. The lowest BCUT2D eigenvalue weighted by molar-refractivity contribution is 0.246. The molecule has 0 radical (unpaired) electrons. The van der Waals surface area contributed by atoms with Crippen LogP contribution in [0.5, 0.6) is 0 Å². The fourth-order valence-electron chi connectivity index (χ4n) is 0.715. The van der Waals surface area contributed by atoms with Gasteiger partial charge in [0.05, 0.1) is 6.29 Å².